The Morgan fingerprint density at radius 1 is 1.19 bits per heavy atom. The quantitative estimate of drug-likeness (QED) is 0.610. The summed E-state index contributed by atoms with van der Waals surface area (Å²) in [5.41, 5.74) is 3.15. The van der Waals surface area contributed by atoms with Gasteiger partial charge in [0.25, 0.3) is 0 Å². The van der Waals surface area contributed by atoms with E-state index in [1.54, 1.807) is 18.0 Å². The van der Waals surface area contributed by atoms with Crippen LogP contribution in [0.5, 0.6) is 5.75 Å². The fourth-order valence-corrected chi connectivity index (χ4v) is 3.94. The van der Waals surface area contributed by atoms with Crippen LogP contribution in [0, 0.1) is 0 Å². The second-order valence-electron chi connectivity index (χ2n) is 7.95. The molecule has 0 saturated carbocycles. The van der Waals surface area contributed by atoms with E-state index in [4.69, 9.17) is 9.72 Å². The number of ether oxygens (including phenoxy) is 1. The van der Waals surface area contributed by atoms with Crippen molar-refractivity contribution in [3.05, 3.63) is 54.6 Å². The van der Waals surface area contributed by atoms with Gasteiger partial charge in [-0.05, 0) is 36.6 Å². The third-order valence-electron chi connectivity index (χ3n) is 5.70. The number of piperidine rings is 1. The Bertz CT molecular complexity index is 1010. The van der Waals surface area contributed by atoms with Gasteiger partial charge in [-0.3, -0.25) is 9.48 Å². The highest BCUT2D eigenvalue weighted by Gasteiger charge is 2.27. The van der Waals surface area contributed by atoms with E-state index in [0.717, 1.165) is 35.4 Å². The van der Waals surface area contributed by atoms with E-state index in [9.17, 15) is 4.79 Å². The molecule has 1 amide bonds. The Morgan fingerprint density at radius 3 is 2.55 bits per heavy atom. The molecule has 0 bridgehead atoms. The molecule has 2 aromatic heterocycles. The minimum Gasteiger partial charge on any atom is -0.497 e. The van der Waals surface area contributed by atoms with E-state index in [1.165, 1.54) is 0 Å². The van der Waals surface area contributed by atoms with Gasteiger partial charge in [-0.25, -0.2) is 9.97 Å². The molecule has 3 aromatic rings. The summed E-state index contributed by atoms with van der Waals surface area (Å²) in [6.45, 7) is 1.72. The minimum absolute atomic E-state index is 0.106. The predicted octanol–water partition coefficient (Wildman–Crippen LogP) is 2.82. The first-order valence-corrected chi connectivity index (χ1v) is 10.5. The summed E-state index contributed by atoms with van der Waals surface area (Å²) < 4.78 is 6.96. The smallest absolute Gasteiger partial charge is 0.244 e. The molecule has 31 heavy (non-hydrogen) atoms. The molecule has 162 valence electrons. The fraction of sp³-hybridized carbons (Fsp3) is 0.391. The molecule has 0 aliphatic carbocycles. The van der Waals surface area contributed by atoms with Gasteiger partial charge < -0.3 is 14.5 Å². The number of carbonyl (C=O) groups is 1. The zero-order valence-corrected chi connectivity index (χ0v) is 18.2. The Labute approximate surface area is 182 Å². The number of methoxy groups -OCH3 is 1. The average Bonchev–Trinajstić information content (AvgIpc) is 3.32. The molecule has 0 atom stereocenters. The van der Waals surface area contributed by atoms with E-state index < -0.39 is 0 Å². The third-order valence-corrected chi connectivity index (χ3v) is 5.70. The Hall–Kier alpha value is -3.42. The lowest BCUT2D eigenvalue weighted by Crippen LogP contribution is -2.40. The molecule has 0 N–H and O–H groups in total. The van der Waals surface area contributed by atoms with Crippen LogP contribution in [-0.4, -0.2) is 64.9 Å². The van der Waals surface area contributed by atoms with Crippen LogP contribution >= 0.6 is 0 Å². The van der Waals surface area contributed by atoms with Crippen molar-refractivity contribution in [2.24, 2.45) is 0 Å². The molecule has 4 rings (SSSR count). The molecule has 0 spiro atoms. The van der Waals surface area contributed by atoms with E-state index in [1.807, 2.05) is 66.6 Å². The molecule has 8 heteroatoms. The van der Waals surface area contributed by atoms with Gasteiger partial charge in [0.2, 0.25) is 11.9 Å². The zero-order chi connectivity index (χ0) is 21.8. The van der Waals surface area contributed by atoms with Crippen LogP contribution in [0.4, 0.5) is 5.95 Å². The number of benzene rings is 1. The summed E-state index contributed by atoms with van der Waals surface area (Å²) >= 11 is 0. The van der Waals surface area contributed by atoms with Crippen molar-refractivity contribution in [1.82, 2.24) is 24.6 Å². The first kappa shape index (κ1) is 20.8. The van der Waals surface area contributed by atoms with Crippen LogP contribution in [0.3, 0.4) is 0 Å². The summed E-state index contributed by atoms with van der Waals surface area (Å²) in [4.78, 5) is 25.9. The zero-order valence-electron chi connectivity index (χ0n) is 18.2. The largest absolute Gasteiger partial charge is 0.497 e. The van der Waals surface area contributed by atoms with Crippen molar-refractivity contribution in [1.29, 1.82) is 0 Å². The van der Waals surface area contributed by atoms with E-state index >= 15 is 0 Å². The topological polar surface area (TPSA) is 76.4 Å². The van der Waals surface area contributed by atoms with Crippen LogP contribution in [0.2, 0.25) is 0 Å². The number of carbonyl (C=O) groups excluding carboxylic acids is 1. The van der Waals surface area contributed by atoms with Crippen LogP contribution in [0.1, 0.15) is 24.5 Å². The third kappa shape index (κ3) is 4.68. The van der Waals surface area contributed by atoms with Gasteiger partial charge in [-0.1, -0.05) is 12.1 Å². The Balaban J connectivity index is 1.53. The molecule has 1 aliphatic rings. The summed E-state index contributed by atoms with van der Waals surface area (Å²) in [6.07, 6.45) is 7.16. The highest BCUT2D eigenvalue weighted by atomic mass is 16.5. The van der Waals surface area contributed by atoms with Crippen LogP contribution < -0.4 is 9.64 Å². The summed E-state index contributed by atoms with van der Waals surface area (Å²) in [7, 11) is 5.56. The fourth-order valence-electron chi connectivity index (χ4n) is 3.94. The number of anilines is 1. The molecule has 1 saturated heterocycles. The minimum atomic E-state index is 0.106. The maximum atomic E-state index is 12.6. The van der Waals surface area contributed by atoms with E-state index in [0.29, 0.717) is 19.0 Å². The van der Waals surface area contributed by atoms with Crippen molar-refractivity contribution >= 4 is 11.9 Å². The first-order valence-electron chi connectivity index (χ1n) is 10.5. The van der Waals surface area contributed by atoms with Crippen LogP contribution in [-0.2, 0) is 11.3 Å². The lowest BCUT2D eigenvalue weighted by molar-refractivity contribution is -0.133. The molecule has 1 fully saturated rings. The van der Waals surface area contributed by atoms with Crippen LogP contribution in [0.15, 0.2) is 48.9 Å². The van der Waals surface area contributed by atoms with Gasteiger partial charge in [0.1, 0.15) is 12.3 Å². The second kappa shape index (κ2) is 9.16. The van der Waals surface area contributed by atoms with Crippen molar-refractivity contribution in [3.63, 3.8) is 0 Å². The van der Waals surface area contributed by atoms with Gasteiger partial charge in [-0.2, -0.15) is 5.10 Å². The highest BCUT2D eigenvalue weighted by Crippen LogP contribution is 2.35. The lowest BCUT2D eigenvalue weighted by atomic mass is 9.89. The van der Waals surface area contributed by atoms with Gasteiger partial charge in [0.05, 0.1) is 12.8 Å². The Kier molecular flexibility index (Phi) is 6.16. The number of hydrogen-bond acceptors (Lipinski definition) is 6. The molecule has 1 aromatic carbocycles. The monoisotopic (exact) mass is 420 g/mol. The number of aromatic nitrogens is 4. The van der Waals surface area contributed by atoms with Crippen molar-refractivity contribution in [3.8, 4) is 16.9 Å². The van der Waals surface area contributed by atoms with Gasteiger partial charge in [0, 0.05) is 57.3 Å². The highest BCUT2D eigenvalue weighted by molar-refractivity contribution is 5.76. The van der Waals surface area contributed by atoms with E-state index in [2.05, 4.69) is 10.1 Å². The summed E-state index contributed by atoms with van der Waals surface area (Å²) in [5, 5.41) is 4.14. The maximum Gasteiger partial charge on any atom is 0.244 e. The summed E-state index contributed by atoms with van der Waals surface area (Å²) in [5.74, 6) is 1.89. The van der Waals surface area contributed by atoms with Crippen molar-refractivity contribution < 1.29 is 9.53 Å². The molecular formula is C23H28N6O2. The standard InChI is InChI=1S/C23H28N6O2/c1-27(2)23-24-15-20(17-5-7-19(31-3)8-6-17)22(26-23)18-9-13-28(14-10-18)21(30)16-29-12-4-11-25-29/h4-8,11-12,15,18H,9-10,13-14,16H2,1-3H3. The molecule has 0 radical (unpaired) electrons. The normalized spacial score (nSPS) is 14.5. The molecule has 1 aliphatic heterocycles. The number of likely N-dealkylation sites (tertiary alicyclic amines) is 1. The van der Waals surface area contributed by atoms with Crippen molar-refractivity contribution in [2.75, 3.05) is 39.2 Å². The maximum absolute atomic E-state index is 12.6. The van der Waals surface area contributed by atoms with Gasteiger partial charge >= 0.3 is 0 Å². The molecule has 0 unspecified atom stereocenters. The lowest BCUT2D eigenvalue weighted by Gasteiger charge is -2.32. The van der Waals surface area contributed by atoms with Crippen molar-refractivity contribution in [2.45, 2.75) is 25.3 Å². The average molecular weight is 421 g/mol. The Morgan fingerprint density at radius 2 is 1.94 bits per heavy atom. The number of amides is 1. The predicted molar refractivity (Wildman–Crippen MR) is 119 cm³/mol. The van der Waals surface area contributed by atoms with Crippen LogP contribution in [0.25, 0.3) is 11.1 Å². The summed E-state index contributed by atoms with van der Waals surface area (Å²) in [6, 6.07) is 9.82. The van der Waals surface area contributed by atoms with E-state index in [-0.39, 0.29) is 18.4 Å². The number of rotatable bonds is 6. The SMILES string of the molecule is COc1ccc(-c2cnc(N(C)C)nc2C2CCN(C(=O)Cn3cccn3)CC2)cc1. The molecule has 3 heterocycles. The van der Waals surface area contributed by atoms with Gasteiger partial charge in [0.15, 0.2) is 0 Å². The number of hydrogen-bond donors (Lipinski definition) is 0. The second-order valence-corrected chi connectivity index (χ2v) is 7.95. The number of nitrogens with zero attached hydrogens (tertiary/aromatic N) is 6. The first-order chi connectivity index (χ1) is 15.0. The van der Waals surface area contributed by atoms with Gasteiger partial charge in [-0.15, -0.1) is 0 Å². The molecule has 8 nitrogen and oxygen atoms in total. The molecular weight excluding hydrogens is 392 g/mol.